The lowest BCUT2D eigenvalue weighted by Gasteiger charge is -2.48. The maximum Gasteiger partial charge on any atom is 0.316 e. The average molecular weight is 491 g/mol. The molecule has 3 heterocycles. The standard InChI is InChI=1S/C23H21F4N5O3/c1-10-17(28-22-31-30-21(35-22)11-5-12(6-11)23(2,26)27)9-32(10)13-7-15(24)19(16(25)8-13)14-3-4-18(33)29-20(14)34/h7-8,10,14,17H,3-5,9H2,1-2H3,(H,28,31)(H,29,33,34)/t10-,14?,17+/m1/s1. The van der Waals surface area contributed by atoms with Gasteiger partial charge in [0.25, 0.3) is 11.8 Å². The molecule has 8 nitrogen and oxygen atoms in total. The Morgan fingerprint density at radius 1 is 1.23 bits per heavy atom. The number of rotatable bonds is 6. The van der Waals surface area contributed by atoms with Gasteiger partial charge < -0.3 is 14.6 Å². The summed E-state index contributed by atoms with van der Waals surface area (Å²) in [5.74, 6) is -6.75. The summed E-state index contributed by atoms with van der Waals surface area (Å²) in [6, 6.07) is 2.09. The Balaban J connectivity index is 1.25. The molecule has 2 aromatic rings. The van der Waals surface area contributed by atoms with Crippen molar-refractivity contribution in [1.82, 2.24) is 15.5 Å². The zero-order chi connectivity index (χ0) is 25.1. The largest absolute Gasteiger partial charge is 0.403 e. The minimum Gasteiger partial charge on any atom is -0.403 e. The highest BCUT2D eigenvalue weighted by Crippen LogP contribution is 2.38. The summed E-state index contributed by atoms with van der Waals surface area (Å²) in [6.45, 7) is 3.02. The molecule has 2 fully saturated rings. The number of halogens is 4. The smallest absolute Gasteiger partial charge is 0.316 e. The second-order valence-corrected chi connectivity index (χ2v) is 9.03. The topological polar surface area (TPSA) is 100 Å². The van der Waals surface area contributed by atoms with Gasteiger partial charge in [-0.25, -0.2) is 17.6 Å². The maximum atomic E-state index is 14.8. The normalized spacial score (nSPS) is 24.3. The molecule has 2 saturated heterocycles. The second-order valence-electron chi connectivity index (χ2n) is 9.03. The van der Waals surface area contributed by atoms with Crippen molar-refractivity contribution in [2.24, 2.45) is 0 Å². The molecule has 2 N–H and O–H groups in total. The molecule has 5 rings (SSSR count). The van der Waals surface area contributed by atoms with Gasteiger partial charge in [-0.15, -0.1) is 10.8 Å². The maximum absolute atomic E-state index is 14.8. The number of nitrogens with one attached hydrogen (secondary N) is 2. The van der Waals surface area contributed by atoms with E-state index in [0.717, 1.165) is 6.92 Å². The number of carbonyl (C=O) groups is 2. The van der Waals surface area contributed by atoms with Gasteiger partial charge in [0.2, 0.25) is 11.8 Å². The van der Waals surface area contributed by atoms with E-state index in [4.69, 9.17) is 4.42 Å². The molecule has 12 heteroatoms. The number of imide groups is 1. The molecule has 2 aliphatic heterocycles. The third kappa shape index (κ3) is 4.18. The van der Waals surface area contributed by atoms with Crippen molar-refractivity contribution in [3.8, 4) is 0 Å². The number of aromatic nitrogens is 2. The Labute approximate surface area is 197 Å². The van der Waals surface area contributed by atoms with Crippen molar-refractivity contribution in [1.29, 1.82) is 0 Å². The van der Waals surface area contributed by atoms with Crippen LogP contribution >= 0.6 is 0 Å². The van der Waals surface area contributed by atoms with E-state index in [-0.39, 0.29) is 54.4 Å². The fraction of sp³-hybridized carbons (Fsp3) is 0.435. The van der Waals surface area contributed by atoms with E-state index >= 15 is 0 Å². The van der Waals surface area contributed by atoms with Crippen molar-refractivity contribution in [3.63, 3.8) is 0 Å². The molecule has 0 spiro atoms. The zero-order valence-corrected chi connectivity index (χ0v) is 18.8. The van der Waals surface area contributed by atoms with Gasteiger partial charge in [0.1, 0.15) is 11.6 Å². The predicted octanol–water partition coefficient (Wildman–Crippen LogP) is 3.52. The average Bonchev–Trinajstić information content (AvgIpc) is 3.17. The third-order valence-corrected chi connectivity index (χ3v) is 6.63. The molecule has 1 aromatic heterocycles. The van der Waals surface area contributed by atoms with E-state index in [9.17, 15) is 27.2 Å². The van der Waals surface area contributed by atoms with Crippen LogP contribution in [0.2, 0.25) is 0 Å². The van der Waals surface area contributed by atoms with Gasteiger partial charge in [-0.3, -0.25) is 14.9 Å². The van der Waals surface area contributed by atoms with Crippen molar-refractivity contribution < 1.29 is 31.6 Å². The first kappa shape index (κ1) is 23.1. The number of allylic oxidation sites excluding steroid dienone is 1. The third-order valence-electron chi connectivity index (χ3n) is 6.63. The quantitative estimate of drug-likeness (QED) is 0.362. The number of hydrogen-bond donors (Lipinski definition) is 2. The predicted molar refractivity (Wildman–Crippen MR) is 116 cm³/mol. The summed E-state index contributed by atoms with van der Waals surface area (Å²) in [5, 5.41) is 12.9. The van der Waals surface area contributed by atoms with Gasteiger partial charge in [0.15, 0.2) is 0 Å². The van der Waals surface area contributed by atoms with Gasteiger partial charge in [0, 0.05) is 49.2 Å². The van der Waals surface area contributed by atoms with Crippen LogP contribution in [0.3, 0.4) is 0 Å². The van der Waals surface area contributed by atoms with Crippen LogP contribution < -0.4 is 15.5 Å². The lowest BCUT2D eigenvalue weighted by atomic mass is 9.89. The SMILES string of the molecule is C[C@@H]1[C@@H](Nc2nnc(C3=C=C(C(C)(F)F)C3)o2)CN1c1cc(F)c(C2CCC(=O)NC2=O)c(F)c1. The van der Waals surface area contributed by atoms with E-state index in [1.54, 1.807) is 4.90 Å². The highest BCUT2D eigenvalue weighted by molar-refractivity contribution is 6.01. The minimum atomic E-state index is -2.94. The Kier molecular flexibility index (Phi) is 5.43. The van der Waals surface area contributed by atoms with Crippen molar-refractivity contribution in [2.45, 2.75) is 57.0 Å². The lowest BCUT2D eigenvalue weighted by Crippen LogP contribution is -2.62. The van der Waals surface area contributed by atoms with E-state index in [1.165, 1.54) is 12.1 Å². The number of alkyl halides is 2. The molecule has 184 valence electrons. The number of amides is 2. The molecule has 1 aromatic carbocycles. The molecule has 3 atom stereocenters. The van der Waals surface area contributed by atoms with Crippen molar-refractivity contribution >= 4 is 29.1 Å². The number of hydrogen-bond acceptors (Lipinski definition) is 7. The number of anilines is 2. The fourth-order valence-electron chi connectivity index (χ4n) is 4.45. The Morgan fingerprint density at radius 3 is 2.51 bits per heavy atom. The van der Waals surface area contributed by atoms with Crippen molar-refractivity contribution in [2.75, 3.05) is 16.8 Å². The highest BCUT2D eigenvalue weighted by Gasteiger charge is 2.39. The van der Waals surface area contributed by atoms with Crippen LogP contribution in [0.1, 0.15) is 50.5 Å². The first-order chi connectivity index (χ1) is 16.5. The molecule has 3 aliphatic rings. The first-order valence-electron chi connectivity index (χ1n) is 11.1. The first-order valence-corrected chi connectivity index (χ1v) is 11.1. The van der Waals surface area contributed by atoms with Crippen LogP contribution in [0.25, 0.3) is 5.57 Å². The molecule has 0 radical (unpaired) electrons. The minimum absolute atomic E-state index is 0.0185. The molecule has 0 saturated carbocycles. The van der Waals surface area contributed by atoms with Crippen LogP contribution in [0.4, 0.5) is 29.3 Å². The zero-order valence-electron chi connectivity index (χ0n) is 18.8. The van der Waals surface area contributed by atoms with Crippen LogP contribution in [0.5, 0.6) is 0 Å². The Hall–Kier alpha value is -3.66. The van der Waals surface area contributed by atoms with E-state index in [0.29, 0.717) is 17.8 Å². The Bertz CT molecular complexity index is 1270. The molecule has 2 amide bonds. The molecular formula is C23H21F4N5O3. The van der Waals surface area contributed by atoms with Gasteiger partial charge in [-0.05, 0) is 25.5 Å². The van der Waals surface area contributed by atoms with Gasteiger partial charge >= 0.3 is 6.01 Å². The van der Waals surface area contributed by atoms with Crippen LogP contribution in [-0.4, -0.2) is 46.6 Å². The van der Waals surface area contributed by atoms with Gasteiger partial charge in [-0.2, -0.15) is 0 Å². The van der Waals surface area contributed by atoms with Crippen LogP contribution in [-0.2, 0) is 9.59 Å². The van der Waals surface area contributed by atoms with E-state index in [2.05, 4.69) is 26.6 Å². The number of nitrogens with zero attached hydrogens (tertiary/aromatic N) is 3. The number of piperidine rings is 1. The number of benzene rings is 1. The van der Waals surface area contributed by atoms with E-state index < -0.39 is 35.3 Å². The van der Waals surface area contributed by atoms with Crippen molar-refractivity contribution in [3.05, 3.63) is 46.5 Å². The summed E-state index contributed by atoms with van der Waals surface area (Å²) in [4.78, 5) is 25.1. The van der Waals surface area contributed by atoms with Crippen LogP contribution in [0, 0.1) is 11.6 Å². The lowest BCUT2D eigenvalue weighted by molar-refractivity contribution is -0.134. The summed E-state index contributed by atoms with van der Waals surface area (Å²) in [7, 11) is 0. The fourth-order valence-corrected chi connectivity index (χ4v) is 4.45. The highest BCUT2D eigenvalue weighted by atomic mass is 19.3. The van der Waals surface area contributed by atoms with E-state index in [1.807, 2.05) is 6.92 Å². The summed E-state index contributed by atoms with van der Waals surface area (Å²) in [6.07, 6.45) is 0.0838. The second kappa shape index (κ2) is 8.23. The summed E-state index contributed by atoms with van der Waals surface area (Å²) >= 11 is 0. The molecule has 1 aliphatic carbocycles. The number of carbonyl (C=O) groups excluding carboxylic acids is 2. The van der Waals surface area contributed by atoms with Gasteiger partial charge in [0.05, 0.1) is 17.5 Å². The Morgan fingerprint density at radius 2 is 1.91 bits per heavy atom. The molecule has 0 bridgehead atoms. The van der Waals surface area contributed by atoms with Crippen LogP contribution in [0.15, 0.2) is 27.9 Å². The molecule has 35 heavy (non-hydrogen) atoms. The van der Waals surface area contributed by atoms with Gasteiger partial charge in [-0.1, -0.05) is 5.10 Å². The summed E-state index contributed by atoms with van der Waals surface area (Å²) in [5.41, 5.74) is 2.81. The molecule has 1 unspecified atom stereocenters. The molecular weight excluding hydrogens is 470 g/mol. The monoisotopic (exact) mass is 491 g/mol. The summed E-state index contributed by atoms with van der Waals surface area (Å²) < 4.78 is 61.6.